The SMILES string of the molecule is CCC1(C(=O)c2ccc(C)c(F)c2F)CCCN1. The number of carbonyl (C=O) groups excluding carboxylic acids is 1. The lowest BCUT2D eigenvalue weighted by atomic mass is 9.85. The van der Waals surface area contributed by atoms with E-state index in [4.69, 9.17) is 0 Å². The fourth-order valence-corrected chi connectivity index (χ4v) is 2.54. The summed E-state index contributed by atoms with van der Waals surface area (Å²) < 4.78 is 27.4. The molecule has 1 aliphatic rings. The van der Waals surface area contributed by atoms with E-state index in [9.17, 15) is 13.6 Å². The van der Waals surface area contributed by atoms with Gasteiger partial charge in [-0.25, -0.2) is 8.78 Å². The van der Waals surface area contributed by atoms with Crippen molar-refractivity contribution in [3.63, 3.8) is 0 Å². The van der Waals surface area contributed by atoms with Crippen LogP contribution in [0.5, 0.6) is 0 Å². The highest BCUT2D eigenvalue weighted by Gasteiger charge is 2.40. The van der Waals surface area contributed by atoms with Gasteiger partial charge in [0.05, 0.1) is 11.1 Å². The largest absolute Gasteiger partial charge is 0.305 e. The standard InChI is InChI=1S/C14H17F2NO/c1-3-14(7-4-8-17-14)13(18)10-6-5-9(2)11(15)12(10)16/h5-6,17H,3-4,7-8H2,1-2H3. The van der Waals surface area contributed by atoms with Crippen LogP contribution < -0.4 is 5.32 Å². The molecule has 98 valence electrons. The van der Waals surface area contributed by atoms with Crippen LogP contribution in [0.2, 0.25) is 0 Å². The topological polar surface area (TPSA) is 29.1 Å². The Morgan fingerprint density at radius 3 is 2.67 bits per heavy atom. The van der Waals surface area contributed by atoms with Gasteiger partial charge in [0.2, 0.25) is 0 Å². The zero-order chi connectivity index (χ0) is 13.3. The van der Waals surface area contributed by atoms with Crippen LogP contribution in [0.1, 0.15) is 42.1 Å². The maximum Gasteiger partial charge on any atom is 0.185 e. The number of hydrogen-bond donors (Lipinski definition) is 1. The molecule has 0 amide bonds. The van der Waals surface area contributed by atoms with Crippen LogP contribution in [0.25, 0.3) is 0 Å². The molecule has 1 aromatic rings. The molecule has 0 aliphatic carbocycles. The van der Waals surface area contributed by atoms with Crippen molar-refractivity contribution < 1.29 is 13.6 Å². The van der Waals surface area contributed by atoms with Gasteiger partial charge in [-0.05, 0) is 44.4 Å². The molecule has 1 N–H and O–H groups in total. The Labute approximate surface area is 105 Å². The van der Waals surface area contributed by atoms with Gasteiger partial charge in [0.1, 0.15) is 0 Å². The fourth-order valence-electron chi connectivity index (χ4n) is 2.54. The van der Waals surface area contributed by atoms with E-state index in [0.717, 1.165) is 13.0 Å². The summed E-state index contributed by atoms with van der Waals surface area (Å²) in [6.07, 6.45) is 2.15. The minimum absolute atomic E-state index is 0.144. The molecule has 1 unspecified atom stereocenters. The van der Waals surface area contributed by atoms with Crippen LogP contribution >= 0.6 is 0 Å². The van der Waals surface area contributed by atoms with Crippen molar-refractivity contribution in [1.29, 1.82) is 0 Å². The summed E-state index contributed by atoms with van der Waals surface area (Å²) in [6.45, 7) is 4.12. The molecular weight excluding hydrogens is 236 g/mol. The summed E-state index contributed by atoms with van der Waals surface area (Å²) in [7, 11) is 0. The van der Waals surface area contributed by atoms with Crippen molar-refractivity contribution in [1.82, 2.24) is 5.32 Å². The van der Waals surface area contributed by atoms with E-state index in [0.29, 0.717) is 12.8 Å². The summed E-state index contributed by atoms with van der Waals surface area (Å²) >= 11 is 0. The quantitative estimate of drug-likeness (QED) is 0.839. The van der Waals surface area contributed by atoms with Gasteiger partial charge in [0.15, 0.2) is 17.4 Å². The monoisotopic (exact) mass is 253 g/mol. The van der Waals surface area contributed by atoms with Crippen LogP contribution in [-0.4, -0.2) is 17.9 Å². The number of ketones is 1. The second-order valence-corrected chi connectivity index (χ2v) is 4.85. The molecule has 1 aromatic carbocycles. The molecular formula is C14H17F2NO. The second-order valence-electron chi connectivity index (χ2n) is 4.85. The highest BCUT2D eigenvalue weighted by molar-refractivity contribution is 6.03. The summed E-state index contributed by atoms with van der Waals surface area (Å²) in [5, 5.41) is 3.14. The zero-order valence-electron chi connectivity index (χ0n) is 10.6. The Hall–Kier alpha value is -1.29. The number of Topliss-reactive ketones (excluding diaryl/α,β-unsaturated/α-hetero) is 1. The third-order valence-electron chi connectivity index (χ3n) is 3.80. The summed E-state index contributed by atoms with van der Waals surface area (Å²) in [4.78, 5) is 12.4. The highest BCUT2D eigenvalue weighted by Crippen LogP contribution is 2.29. The molecule has 0 radical (unpaired) electrons. The average Bonchev–Trinajstić information content (AvgIpc) is 2.85. The van der Waals surface area contributed by atoms with Gasteiger partial charge in [0.25, 0.3) is 0 Å². The van der Waals surface area contributed by atoms with Crippen molar-refractivity contribution in [2.75, 3.05) is 6.54 Å². The van der Waals surface area contributed by atoms with Gasteiger partial charge in [0, 0.05) is 0 Å². The normalized spacial score (nSPS) is 23.3. The van der Waals surface area contributed by atoms with Gasteiger partial charge in [-0.2, -0.15) is 0 Å². The van der Waals surface area contributed by atoms with Crippen molar-refractivity contribution in [2.24, 2.45) is 0 Å². The molecule has 0 bridgehead atoms. The lowest BCUT2D eigenvalue weighted by Gasteiger charge is -2.26. The van der Waals surface area contributed by atoms with Gasteiger partial charge in [-0.15, -0.1) is 0 Å². The minimum atomic E-state index is -1.03. The number of hydrogen-bond acceptors (Lipinski definition) is 2. The highest BCUT2D eigenvalue weighted by atomic mass is 19.2. The van der Waals surface area contributed by atoms with Gasteiger partial charge in [-0.3, -0.25) is 4.79 Å². The molecule has 1 saturated heterocycles. The number of carbonyl (C=O) groups is 1. The Bertz CT molecular complexity index is 479. The smallest absolute Gasteiger partial charge is 0.185 e. The Kier molecular flexibility index (Phi) is 3.48. The molecule has 0 aromatic heterocycles. The number of benzene rings is 1. The number of nitrogens with one attached hydrogen (secondary N) is 1. The van der Waals surface area contributed by atoms with Crippen molar-refractivity contribution in [3.8, 4) is 0 Å². The van der Waals surface area contributed by atoms with Crippen LogP contribution in [0.15, 0.2) is 12.1 Å². The maximum atomic E-state index is 13.8. The maximum absolute atomic E-state index is 13.8. The number of rotatable bonds is 3. The van der Waals surface area contributed by atoms with E-state index < -0.39 is 17.2 Å². The predicted octanol–water partition coefficient (Wildman–Crippen LogP) is 2.99. The van der Waals surface area contributed by atoms with E-state index in [-0.39, 0.29) is 16.9 Å². The summed E-state index contributed by atoms with van der Waals surface area (Å²) in [5.74, 6) is -2.29. The molecule has 2 rings (SSSR count). The molecule has 0 spiro atoms. The lowest BCUT2D eigenvalue weighted by Crippen LogP contribution is -2.47. The average molecular weight is 253 g/mol. The minimum Gasteiger partial charge on any atom is -0.305 e. The van der Waals surface area contributed by atoms with E-state index in [1.54, 1.807) is 0 Å². The second kappa shape index (κ2) is 4.76. The fraction of sp³-hybridized carbons (Fsp3) is 0.500. The molecule has 1 fully saturated rings. The molecule has 1 aliphatic heterocycles. The molecule has 4 heteroatoms. The van der Waals surface area contributed by atoms with Gasteiger partial charge in [-0.1, -0.05) is 13.0 Å². The van der Waals surface area contributed by atoms with Crippen LogP contribution in [0.3, 0.4) is 0 Å². The first-order valence-corrected chi connectivity index (χ1v) is 6.26. The van der Waals surface area contributed by atoms with Crippen molar-refractivity contribution in [2.45, 2.75) is 38.6 Å². The Morgan fingerprint density at radius 2 is 2.11 bits per heavy atom. The van der Waals surface area contributed by atoms with E-state index in [1.165, 1.54) is 19.1 Å². The third-order valence-corrected chi connectivity index (χ3v) is 3.80. The Balaban J connectivity index is 2.43. The first kappa shape index (κ1) is 13.1. The molecule has 1 atom stereocenters. The van der Waals surface area contributed by atoms with Gasteiger partial charge < -0.3 is 5.32 Å². The number of aryl methyl sites for hydroxylation is 1. The zero-order valence-corrected chi connectivity index (χ0v) is 10.6. The van der Waals surface area contributed by atoms with Gasteiger partial charge >= 0.3 is 0 Å². The van der Waals surface area contributed by atoms with Crippen LogP contribution in [0, 0.1) is 18.6 Å². The van der Waals surface area contributed by atoms with E-state index in [2.05, 4.69) is 5.32 Å². The predicted molar refractivity (Wildman–Crippen MR) is 65.7 cm³/mol. The molecule has 1 heterocycles. The van der Waals surface area contributed by atoms with Crippen LogP contribution in [0.4, 0.5) is 8.78 Å². The molecule has 18 heavy (non-hydrogen) atoms. The third kappa shape index (κ3) is 1.94. The van der Waals surface area contributed by atoms with E-state index in [1.807, 2.05) is 6.92 Å². The first-order chi connectivity index (χ1) is 8.52. The molecule has 0 saturated carbocycles. The molecule has 2 nitrogen and oxygen atoms in total. The number of halogens is 2. The summed E-state index contributed by atoms with van der Waals surface area (Å²) in [5.41, 5.74) is -0.647. The Morgan fingerprint density at radius 1 is 1.39 bits per heavy atom. The van der Waals surface area contributed by atoms with Crippen molar-refractivity contribution in [3.05, 3.63) is 34.9 Å². The van der Waals surface area contributed by atoms with Crippen molar-refractivity contribution >= 4 is 5.78 Å². The lowest BCUT2D eigenvalue weighted by molar-refractivity contribution is 0.0858. The van der Waals surface area contributed by atoms with E-state index >= 15 is 0 Å². The first-order valence-electron chi connectivity index (χ1n) is 6.26. The van der Waals surface area contributed by atoms with Crippen LogP contribution in [-0.2, 0) is 0 Å². The summed E-state index contributed by atoms with van der Waals surface area (Å²) in [6, 6.07) is 2.83.